The van der Waals surface area contributed by atoms with Crippen LogP contribution in [-0.2, 0) is 9.53 Å². The molecule has 0 heterocycles. The Labute approximate surface area is 191 Å². The minimum Gasteiger partial charge on any atom is -0.490 e. The third-order valence-corrected chi connectivity index (χ3v) is 6.00. The van der Waals surface area contributed by atoms with E-state index >= 15 is 0 Å². The van der Waals surface area contributed by atoms with Crippen molar-refractivity contribution in [3.05, 3.63) is 42.5 Å². The van der Waals surface area contributed by atoms with Crippen molar-refractivity contribution in [1.82, 2.24) is 0 Å². The molecule has 5 atom stereocenters. The number of unbranched alkanes of at least 4 members (excludes halogenated alkanes) is 1. The lowest BCUT2D eigenvalue weighted by atomic mass is 9.84. The first-order valence-electron chi connectivity index (χ1n) is 11.8. The molecular formula is C26H39FO5. The largest absolute Gasteiger partial charge is 0.490 e. The van der Waals surface area contributed by atoms with Gasteiger partial charge in [0.05, 0.1) is 18.3 Å². The number of carbonyl (C=O) groups excluding carboxylic acids is 1. The van der Waals surface area contributed by atoms with Crippen LogP contribution in [0.4, 0.5) is 4.39 Å². The van der Waals surface area contributed by atoms with E-state index in [2.05, 4.69) is 0 Å². The summed E-state index contributed by atoms with van der Waals surface area (Å²) in [4.78, 5) is 11.6. The number of halogens is 1. The number of carbonyl (C=O) groups is 1. The predicted octanol–water partition coefficient (Wildman–Crippen LogP) is 5.00. The molecule has 180 valence electrons. The average Bonchev–Trinajstić information content (AvgIpc) is 3.00. The summed E-state index contributed by atoms with van der Waals surface area (Å²) in [5.74, 6) is 0.196. The molecule has 0 bridgehead atoms. The summed E-state index contributed by atoms with van der Waals surface area (Å²) in [5.41, 5.74) is -1.52. The maximum Gasteiger partial charge on any atom is 0.306 e. The lowest BCUT2D eigenvalue weighted by Gasteiger charge is -2.27. The molecule has 0 amide bonds. The van der Waals surface area contributed by atoms with Crippen LogP contribution < -0.4 is 4.74 Å². The smallest absolute Gasteiger partial charge is 0.306 e. The first-order valence-corrected chi connectivity index (χ1v) is 11.8. The van der Waals surface area contributed by atoms with Crippen LogP contribution in [0.25, 0.3) is 0 Å². The van der Waals surface area contributed by atoms with E-state index in [1.165, 1.54) is 6.92 Å². The number of aliphatic hydroxyl groups is 2. The standard InChI is InChI=1S/C26H39FO5/c1-19(2)32-25(30)14-10-5-4-9-13-21-22(24(29)17-23(21)28)15-16-26(3,27)18-31-20-11-7-6-8-12-20/h4,6-9,11-12,19,21-24,28-29H,5,10,13-18H2,1-3H3/b9-4-/t21-,22-,23+,24-,26?/m1/s1. The van der Waals surface area contributed by atoms with Gasteiger partial charge < -0.3 is 19.7 Å². The Hall–Kier alpha value is -1.92. The zero-order chi connectivity index (χ0) is 23.6. The van der Waals surface area contributed by atoms with Gasteiger partial charge in [-0.1, -0.05) is 30.4 Å². The summed E-state index contributed by atoms with van der Waals surface area (Å²) in [6, 6.07) is 9.16. The number of alkyl halides is 1. The van der Waals surface area contributed by atoms with Gasteiger partial charge in [-0.15, -0.1) is 0 Å². The van der Waals surface area contributed by atoms with Crippen LogP contribution >= 0.6 is 0 Å². The van der Waals surface area contributed by atoms with Gasteiger partial charge in [0, 0.05) is 6.42 Å². The van der Waals surface area contributed by atoms with E-state index in [0.29, 0.717) is 37.9 Å². The molecule has 0 spiro atoms. The monoisotopic (exact) mass is 450 g/mol. The second kappa shape index (κ2) is 12.9. The summed E-state index contributed by atoms with van der Waals surface area (Å²) in [6.07, 6.45) is 6.24. The Morgan fingerprint density at radius 3 is 2.56 bits per heavy atom. The number of hydrogen-bond donors (Lipinski definition) is 2. The molecule has 0 radical (unpaired) electrons. The van der Waals surface area contributed by atoms with Crippen molar-refractivity contribution in [2.45, 2.75) is 89.7 Å². The van der Waals surface area contributed by atoms with Crippen molar-refractivity contribution in [2.24, 2.45) is 11.8 Å². The van der Waals surface area contributed by atoms with Gasteiger partial charge in [0.1, 0.15) is 18.0 Å². The Bertz CT molecular complexity index is 703. The number of hydrogen-bond acceptors (Lipinski definition) is 5. The van der Waals surface area contributed by atoms with Crippen molar-refractivity contribution in [3.8, 4) is 5.75 Å². The maximum atomic E-state index is 15.0. The number of esters is 1. The van der Waals surface area contributed by atoms with Crippen molar-refractivity contribution >= 4 is 5.97 Å². The molecule has 0 saturated heterocycles. The van der Waals surface area contributed by atoms with Crippen LogP contribution in [0.5, 0.6) is 5.75 Å². The number of ether oxygens (including phenoxy) is 2. The van der Waals surface area contributed by atoms with E-state index in [0.717, 1.165) is 6.42 Å². The molecule has 1 unspecified atom stereocenters. The predicted molar refractivity (Wildman–Crippen MR) is 123 cm³/mol. The highest BCUT2D eigenvalue weighted by molar-refractivity contribution is 5.69. The highest BCUT2D eigenvalue weighted by atomic mass is 19.1. The SMILES string of the molecule is CC(C)OC(=O)CCC/C=C\C[C@@H]1[C@@H](CCC(C)(F)COc2ccccc2)[C@H](O)C[C@@H]1O. The summed E-state index contributed by atoms with van der Waals surface area (Å²) < 4.78 is 25.7. The molecule has 1 aliphatic carbocycles. The average molecular weight is 451 g/mol. The molecule has 1 saturated carbocycles. The van der Waals surface area contributed by atoms with E-state index in [-0.39, 0.29) is 36.9 Å². The minimum atomic E-state index is -1.52. The van der Waals surface area contributed by atoms with Crippen molar-refractivity contribution in [1.29, 1.82) is 0 Å². The molecule has 1 aliphatic rings. The Balaban J connectivity index is 1.76. The minimum absolute atomic E-state index is 0.0494. The van der Waals surface area contributed by atoms with Gasteiger partial charge in [0.15, 0.2) is 0 Å². The number of para-hydroxylation sites is 1. The van der Waals surface area contributed by atoms with Crippen molar-refractivity contribution < 1.29 is 28.9 Å². The second-order valence-electron chi connectivity index (χ2n) is 9.39. The number of rotatable bonds is 13. The first kappa shape index (κ1) is 26.3. The van der Waals surface area contributed by atoms with Crippen LogP contribution in [0.15, 0.2) is 42.5 Å². The van der Waals surface area contributed by atoms with Crippen LogP contribution in [0.3, 0.4) is 0 Å². The van der Waals surface area contributed by atoms with E-state index in [1.54, 1.807) is 12.1 Å². The van der Waals surface area contributed by atoms with Crippen molar-refractivity contribution in [2.75, 3.05) is 6.61 Å². The van der Waals surface area contributed by atoms with Crippen LogP contribution in [0.1, 0.15) is 65.7 Å². The van der Waals surface area contributed by atoms with Crippen LogP contribution in [0, 0.1) is 11.8 Å². The van der Waals surface area contributed by atoms with E-state index in [4.69, 9.17) is 9.47 Å². The van der Waals surface area contributed by atoms with Gasteiger partial charge in [0.25, 0.3) is 0 Å². The lowest BCUT2D eigenvalue weighted by Crippen LogP contribution is -2.30. The van der Waals surface area contributed by atoms with Gasteiger partial charge in [-0.05, 0) is 83.3 Å². The molecule has 1 aromatic carbocycles. The lowest BCUT2D eigenvalue weighted by molar-refractivity contribution is -0.147. The molecule has 32 heavy (non-hydrogen) atoms. The Morgan fingerprint density at radius 1 is 1.19 bits per heavy atom. The van der Waals surface area contributed by atoms with Crippen molar-refractivity contribution in [3.63, 3.8) is 0 Å². The number of allylic oxidation sites excluding steroid dienone is 2. The summed E-state index contributed by atoms with van der Waals surface area (Å²) in [6.45, 7) is 5.13. The van der Waals surface area contributed by atoms with Gasteiger partial charge in [-0.2, -0.15) is 0 Å². The molecular weight excluding hydrogens is 411 g/mol. The van der Waals surface area contributed by atoms with Gasteiger partial charge in [-0.25, -0.2) is 4.39 Å². The normalized spacial score (nSPS) is 25.2. The molecule has 2 N–H and O–H groups in total. The van der Waals surface area contributed by atoms with Crippen LogP contribution in [0.2, 0.25) is 0 Å². The summed E-state index contributed by atoms with van der Waals surface area (Å²) in [7, 11) is 0. The zero-order valence-electron chi connectivity index (χ0n) is 19.6. The highest BCUT2D eigenvalue weighted by Crippen LogP contribution is 2.39. The van der Waals surface area contributed by atoms with E-state index in [9.17, 15) is 19.4 Å². The fraction of sp³-hybridized carbons (Fsp3) is 0.654. The highest BCUT2D eigenvalue weighted by Gasteiger charge is 2.41. The molecule has 1 fully saturated rings. The van der Waals surface area contributed by atoms with E-state index < -0.39 is 17.9 Å². The molecule has 5 nitrogen and oxygen atoms in total. The number of benzene rings is 1. The molecule has 6 heteroatoms. The molecule has 0 aliphatic heterocycles. The third kappa shape index (κ3) is 9.29. The topological polar surface area (TPSA) is 76.0 Å². The fourth-order valence-corrected chi connectivity index (χ4v) is 4.25. The number of aliphatic hydroxyl groups excluding tert-OH is 2. The molecule has 2 rings (SSSR count). The quantitative estimate of drug-likeness (QED) is 0.251. The van der Waals surface area contributed by atoms with Gasteiger partial charge in [0.2, 0.25) is 0 Å². The molecule has 0 aromatic heterocycles. The van der Waals surface area contributed by atoms with E-state index in [1.807, 2.05) is 44.2 Å². The third-order valence-electron chi connectivity index (χ3n) is 6.00. The zero-order valence-corrected chi connectivity index (χ0v) is 19.6. The Kier molecular flexibility index (Phi) is 10.7. The van der Waals surface area contributed by atoms with Crippen LogP contribution in [-0.4, -0.2) is 46.8 Å². The maximum absolute atomic E-state index is 15.0. The summed E-state index contributed by atoms with van der Waals surface area (Å²) >= 11 is 0. The first-order chi connectivity index (χ1) is 15.2. The van der Waals surface area contributed by atoms with Gasteiger partial charge >= 0.3 is 5.97 Å². The summed E-state index contributed by atoms with van der Waals surface area (Å²) in [5, 5.41) is 20.8. The Morgan fingerprint density at radius 2 is 1.88 bits per heavy atom. The molecule has 1 aromatic rings. The van der Waals surface area contributed by atoms with Gasteiger partial charge in [-0.3, -0.25) is 4.79 Å². The second-order valence-corrected chi connectivity index (χ2v) is 9.39. The fourth-order valence-electron chi connectivity index (χ4n) is 4.25.